The minimum Gasteiger partial charge on any atom is -0.469 e. The molecular formula is C16H27NO. The molecular weight excluding hydrogens is 222 g/mol. The zero-order chi connectivity index (χ0) is 13.4. The van der Waals surface area contributed by atoms with Crippen LogP contribution in [0.2, 0.25) is 0 Å². The largest absolute Gasteiger partial charge is 0.469 e. The topological polar surface area (TPSA) is 25.2 Å². The van der Waals surface area contributed by atoms with Gasteiger partial charge in [-0.15, -0.1) is 0 Å². The highest BCUT2D eigenvalue weighted by molar-refractivity contribution is 5.18. The quantitative estimate of drug-likeness (QED) is 0.828. The van der Waals surface area contributed by atoms with Crippen molar-refractivity contribution in [3.8, 4) is 0 Å². The second-order valence-corrected chi connectivity index (χ2v) is 6.77. The molecule has 1 aromatic heterocycles. The van der Waals surface area contributed by atoms with Gasteiger partial charge in [0.25, 0.3) is 0 Å². The Labute approximate surface area is 111 Å². The maximum Gasteiger partial charge on any atom is 0.105 e. The van der Waals surface area contributed by atoms with Crippen LogP contribution in [0.3, 0.4) is 0 Å². The van der Waals surface area contributed by atoms with Gasteiger partial charge in [-0.3, -0.25) is 0 Å². The van der Waals surface area contributed by atoms with Gasteiger partial charge < -0.3 is 9.73 Å². The predicted molar refractivity (Wildman–Crippen MR) is 75.5 cm³/mol. The number of furan rings is 1. The smallest absolute Gasteiger partial charge is 0.105 e. The van der Waals surface area contributed by atoms with E-state index in [1.54, 1.807) is 6.26 Å². The molecule has 2 heteroatoms. The lowest BCUT2D eigenvalue weighted by Gasteiger charge is -2.19. The summed E-state index contributed by atoms with van der Waals surface area (Å²) < 4.78 is 5.52. The summed E-state index contributed by atoms with van der Waals surface area (Å²) in [7, 11) is 0. The molecule has 0 aromatic carbocycles. The first-order chi connectivity index (χ1) is 8.41. The summed E-state index contributed by atoms with van der Waals surface area (Å²) in [6, 6.07) is 4.60. The Morgan fingerprint density at radius 1 is 1.28 bits per heavy atom. The van der Waals surface area contributed by atoms with Crippen molar-refractivity contribution in [1.82, 2.24) is 5.32 Å². The lowest BCUT2D eigenvalue weighted by Crippen LogP contribution is -2.35. The fourth-order valence-electron chi connectivity index (χ4n) is 3.54. The van der Waals surface area contributed by atoms with Crippen molar-refractivity contribution in [2.24, 2.45) is 16.7 Å². The van der Waals surface area contributed by atoms with Crippen molar-refractivity contribution in [3.63, 3.8) is 0 Å². The normalized spacial score (nSPS) is 22.9. The van der Waals surface area contributed by atoms with Gasteiger partial charge >= 0.3 is 0 Å². The third-order valence-electron chi connectivity index (χ3n) is 5.19. The van der Waals surface area contributed by atoms with Crippen molar-refractivity contribution in [2.45, 2.75) is 53.5 Å². The summed E-state index contributed by atoms with van der Waals surface area (Å²) in [6.07, 6.45) is 3.96. The van der Waals surface area contributed by atoms with Crippen LogP contribution in [-0.2, 0) is 6.42 Å². The molecule has 0 aliphatic heterocycles. The summed E-state index contributed by atoms with van der Waals surface area (Å²) in [5, 5.41) is 3.72. The minimum absolute atomic E-state index is 0.422. The Morgan fingerprint density at radius 3 is 2.39 bits per heavy atom. The average molecular weight is 249 g/mol. The third-order valence-corrected chi connectivity index (χ3v) is 5.19. The molecule has 1 heterocycles. The van der Waals surface area contributed by atoms with E-state index in [2.05, 4.69) is 46.0 Å². The molecule has 18 heavy (non-hydrogen) atoms. The van der Waals surface area contributed by atoms with Crippen LogP contribution >= 0.6 is 0 Å². The van der Waals surface area contributed by atoms with Gasteiger partial charge in [0, 0.05) is 12.5 Å². The van der Waals surface area contributed by atoms with Gasteiger partial charge in [0.1, 0.15) is 5.76 Å². The van der Waals surface area contributed by atoms with Gasteiger partial charge in [0.2, 0.25) is 0 Å². The van der Waals surface area contributed by atoms with Gasteiger partial charge in [0.15, 0.2) is 0 Å². The molecule has 1 unspecified atom stereocenters. The van der Waals surface area contributed by atoms with Crippen molar-refractivity contribution in [1.29, 1.82) is 0 Å². The monoisotopic (exact) mass is 249 g/mol. The van der Waals surface area contributed by atoms with E-state index in [4.69, 9.17) is 4.42 Å². The Kier molecular flexibility index (Phi) is 3.59. The van der Waals surface area contributed by atoms with E-state index in [9.17, 15) is 0 Å². The second-order valence-electron chi connectivity index (χ2n) is 6.77. The SMILES string of the molecule is CCCNC(Cc1ccco1)C1C(C)(C)C1(C)C. The van der Waals surface area contributed by atoms with Crippen molar-refractivity contribution >= 4 is 0 Å². The summed E-state index contributed by atoms with van der Waals surface area (Å²) in [5.74, 6) is 1.82. The number of hydrogen-bond acceptors (Lipinski definition) is 2. The van der Waals surface area contributed by atoms with E-state index in [0.29, 0.717) is 16.9 Å². The Balaban J connectivity index is 2.07. The van der Waals surface area contributed by atoms with Crippen LogP contribution in [0.5, 0.6) is 0 Å². The summed E-state index contributed by atoms with van der Waals surface area (Å²) in [5.41, 5.74) is 0.843. The zero-order valence-corrected chi connectivity index (χ0v) is 12.4. The minimum atomic E-state index is 0.422. The molecule has 1 aromatic rings. The first-order valence-corrected chi connectivity index (χ1v) is 7.17. The summed E-state index contributed by atoms with van der Waals surface area (Å²) >= 11 is 0. The molecule has 2 nitrogen and oxygen atoms in total. The standard InChI is InChI=1S/C16H27NO/c1-6-9-17-13(11-12-8-7-10-18-12)14-15(2,3)16(14,4)5/h7-8,10,13-14,17H,6,9,11H2,1-5H3. The lowest BCUT2D eigenvalue weighted by atomic mass is 10.00. The van der Waals surface area contributed by atoms with E-state index in [-0.39, 0.29) is 0 Å². The molecule has 0 bridgehead atoms. The summed E-state index contributed by atoms with van der Waals surface area (Å²) in [6.45, 7) is 12.9. The van der Waals surface area contributed by atoms with Crippen LogP contribution in [0, 0.1) is 16.7 Å². The van der Waals surface area contributed by atoms with Crippen LogP contribution in [-0.4, -0.2) is 12.6 Å². The van der Waals surface area contributed by atoms with Crippen molar-refractivity contribution in [3.05, 3.63) is 24.2 Å². The van der Waals surface area contributed by atoms with Crippen LogP contribution in [0.1, 0.15) is 46.8 Å². The van der Waals surface area contributed by atoms with E-state index < -0.39 is 0 Å². The fraction of sp³-hybridized carbons (Fsp3) is 0.750. The molecule has 0 saturated heterocycles. The molecule has 0 radical (unpaired) electrons. The molecule has 0 amide bonds. The highest BCUT2D eigenvalue weighted by Crippen LogP contribution is 2.69. The second kappa shape index (κ2) is 4.73. The molecule has 1 aliphatic rings. The Morgan fingerprint density at radius 2 is 1.94 bits per heavy atom. The predicted octanol–water partition coefficient (Wildman–Crippen LogP) is 3.87. The lowest BCUT2D eigenvalue weighted by molar-refractivity contribution is 0.368. The molecule has 2 rings (SSSR count). The van der Waals surface area contributed by atoms with Crippen LogP contribution < -0.4 is 5.32 Å². The highest BCUT2D eigenvalue weighted by atomic mass is 16.3. The maximum absolute atomic E-state index is 5.52. The molecule has 1 N–H and O–H groups in total. The van der Waals surface area contributed by atoms with Gasteiger partial charge in [-0.25, -0.2) is 0 Å². The van der Waals surface area contributed by atoms with Gasteiger partial charge in [-0.05, 0) is 41.8 Å². The van der Waals surface area contributed by atoms with Crippen LogP contribution in [0.25, 0.3) is 0 Å². The van der Waals surface area contributed by atoms with Crippen LogP contribution in [0.4, 0.5) is 0 Å². The average Bonchev–Trinajstić information content (AvgIpc) is 2.70. The zero-order valence-electron chi connectivity index (χ0n) is 12.4. The van der Waals surface area contributed by atoms with Gasteiger partial charge in [0.05, 0.1) is 6.26 Å². The number of hydrogen-bond donors (Lipinski definition) is 1. The molecule has 102 valence electrons. The van der Waals surface area contributed by atoms with E-state index in [1.165, 1.54) is 6.42 Å². The number of nitrogens with one attached hydrogen (secondary N) is 1. The van der Waals surface area contributed by atoms with E-state index in [0.717, 1.165) is 24.6 Å². The maximum atomic E-state index is 5.52. The molecule has 1 aliphatic carbocycles. The van der Waals surface area contributed by atoms with Gasteiger partial charge in [-0.2, -0.15) is 0 Å². The fourth-order valence-corrected chi connectivity index (χ4v) is 3.54. The first-order valence-electron chi connectivity index (χ1n) is 7.17. The number of rotatable bonds is 6. The first kappa shape index (κ1) is 13.7. The Hall–Kier alpha value is -0.760. The third kappa shape index (κ3) is 2.23. The molecule has 1 saturated carbocycles. The van der Waals surface area contributed by atoms with E-state index in [1.807, 2.05) is 6.07 Å². The van der Waals surface area contributed by atoms with E-state index >= 15 is 0 Å². The molecule has 1 fully saturated rings. The molecule has 0 spiro atoms. The Bertz CT molecular complexity index is 364. The molecule has 1 atom stereocenters. The van der Waals surface area contributed by atoms with Crippen molar-refractivity contribution < 1.29 is 4.42 Å². The van der Waals surface area contributed by atoms with Gasteiger partial charge in [-0.1, -0.05) is 34.6 Å². The summed E-state index contributed by atoms with van der Waals surface area (Å²) in [4.78, 5) is 0. The highest BCUT2D eigenvalue weighted by Gasteiger charge is 2.66. The van der Waals surface area contributed by atoms with Crippen LogP contribution in [0.15, 0.2) is 22.8 Å². The van der Waals surface area contributed by atoms with Crippen molar-refractivity contribution in [2.75, 3.05) is 6.54 Å².